The van der Waals surface area contributed by atoms with Gasteiger partial charge in [0, 0.05) is 44.5 Å². The summed E-state index contributed by atoms with van der Waals surface area (Å²) in [5, 5.41) is 17.1. The molecule has 0 saturated carbocycles. The van der Waals surface area contributed by atoms with Crippen molar-refractivity contribution in [2.75, 3.05) is 13.1 Å². The molecule has 1 rings (SSSR count). The van der Waals surface area contributed by atoms with Crippen LogP contribution in [0.5, 0.6) is 0 Å². The van der Waals surface area contributed by atoms with Gasteiger partial charge in [-0.15, -0.1) is 0 Å². The van der Waals surface area contributed by atoms with Crippen LogP contribution in [-0.2, 0) is 11.3 Å². The molecular formula is C13H15N3O2. The zero-order chi connectivity index (χ0) is 13.2. The van der Waals surface area contributed by atoms with E-state index >= 15 is 0 Å². The standard InChI is InChI=1S/C13H15N3O2/c14-6-3-9-16(8-2-5-13(17)18)11-12-4-1-7-15-10-12/h1-2,4-5,7,10H,3,8-9,11H2,(H,17,18)/b5-2+. The number of nitrogens with zero attached hydrogens (tertiary/aromatic N) is 3. The summed E-state index contributed by atoms with van der Waals surface area (Å²) in [7, 11) is 0. The van der Waals surface area contributed by atoms with Crippen LogP contribution < -0.4 is 0 Å². The summed E-state index contributed by atoms with van der Waals surface area (Å²) in [5.41, 5.74) is 1.04. The number of hydrogen-bond donors (Lipinski definition) is 1. The van der Waals surface area contributed by atoms with E-state index in [9.17, 15) is 4.79 Å². The minimum absolute atomic E-state index is 0.418. The van der Waals surface area contributed by atoms with Crippen molar-refractivity contribution in [3.63, 3.8) is 0 Å². The molecule has 0 radical (unpaired) electrons. The first-order valence-corrected chi connectivity index (χ1v) is 5.60. The molecule has 1 heterocycles. The lowest BCUT2D eigenvalue weighted by Gasteiger charge is -2.18. The van der Waals surface area contributed by atoms with E-state index in [0.717, 1.165) is 11.6 Å². The van der Waals surface area contributed by atoms with E-state index in [1.807, 2.05) is 17.0 Å². The molecule has 94 valence electrons. The molecular weight excluding hydrogens is 230 g/mol. The SMILES string of the molecule is N#CCCN(C/C=C/C(=O)O)Cc1cccnc1. The first kappa shape index (κ1) is 13.9. The Morgan fingerprint density at radius 2 is 2.44 bits per heavy atom. The van der Waals surface area contributed by atoms with Gasteiger partial charge in [-0.3, -0.25) is 9.88 Å². The van der Waals surface area contributed by atoms with Crippen LogP contribution >= 0.6 is 0 Å². The molecule has 0 aliphatic carbocycles. The van der Waals surface area contributed by atoms with Crippen LogP contribution in [-0.4, -0.2) is 34.0 Å². The Bertz CT molecular complexity index is 437. The minimum Gasteiger partial charge on any atom is -0.478 e. The van der Waals surface area contributed by atoms with E-state index < -0.39 is 5.97 Å². The first-order chi connectivity index (χ1) is 8.72. The molecule has 0 atom stereocenters. The second kappa shape index (κ2) is 7.98. The number of nitriles is 1. The summed E-state index contributed by atoms with van der Waals surface area (Å²) in [5.74, 6) is -0.961. The van der Waals surface area contributed by atoms with E-state index in [2.05, 4.69) is 11.1 Å². The number of aromatic nitrogens is 1. The minimum atomic E-state index is -0.961. The summed E-state index contributed by atoms with van der Waals surface area (Å²) in [4.78, 5) is 16.4. The molecule has 0 amide bonds. The fraction of sp³-hybridized carbons (Fsp3) is 0.308. The molecule has 0 fully saturated rings. The van der Waals surface area contributed by atoms with Crippen LogP contribution in [0.4, 0.5) is 0 Å². The van der Waals surface area contributed by atoms with Crippen molar-refractivity contribution in [3.05, 3.63) is 42.2 Å². The zero-order valence-corrected chi connectivity index (χ0v) is 9.99. The molecule has 0 aromatic carbocycles. The van der Waals surface area contributed by atoms with Gasteiger partial charge in [0.25, 0.3) is 0 Å². The highest BCUT2D eigenvalue weighted by Crippen LogP contribution is 2.03. The molecule has 0 saturated heterocycles. The molecule has 0 aliphatic heterocycles. The number of hydrogen-bond acceptors (Lipinski definition) is 4. The average molecular weight is 245 g/mol. The van der Waals surface area contributed by atoms with Crippen LogP contribution in [0, 0.1) is 11.3 Å². The number of carboxylic acid groups (broad SMARTS) is 1. The van der Waals surface area contributed by atoms with Crippen molar-refractivity contribution in [3.8, 4) is 6.07 Å². The summed E-state index contributed by atoms with van der Waals surface area (Å²) >= 11 is 0. The molecule has 0 bridgehead atoms. The Labute approximate surface area is 106 Å². The van der Waals surface area contributed by atoms with Crippen LogP contribution in [0.25, 0.3) is 0 Å². The molecule has 18 heavy (non-hydrogen) atoms. The maximum Gasteiger partial charge on any atom is 0.328 e. The van der Waals surface area contributed by atoms with Gasteiger partial charge in [-0.2, -0.15) is 5.26 Å². The van der Waals surface area contributed by atoms with Crippen LogP contribution in [0.15, 0.2) is 36.7 Å². The Kier molecular flexibility index (Phi) is 6.15. The summed E-state index contributed by atoms with van der Waals surface area (Å²) in [6.45, 7) is 1.76. The average Bonchev–Trinajstić information content (AvgIpc) is 2.36. The van der Waals surface area contributed by atoms with E-state index in [1.54, 1.807) is 18.5 Å². The van der Waals surface area contributed by atoms with Gasteiger partial charge in [-0.1, -0.05) is 12.1 Å². The first-order valence-electron chi connectivity index (χ1n) is 5.60. The van der Waals surface area contributed by atoms with E-state index in [1.165, 1.54) is 0 Å². The molecule has 1 N–H and O–H groups in total. The molecule has 5 heteroatoms. The van der Waals surface area contributed by atoms with Gasteiger partial charge >= 0.3 is 5.97 Å². The number of carbonyl (C=O) groups is 1. The van der Waals surface area contributed by atoms with Gasteiger partial charge in [0.15, 0.2) is 0 Å². The third-order valence-corrected chi connectivity index (χ3v) is 2.29. The molecule has 0 unspecified atom stereocenters. The number of aliphatic carboxylic acids is 1. The quantitative estimate of drug-likeness (QED) is 0.735. The highest BCUT2D eigenvalue weighted by atomic mass is 16.4. The second-order valence-corrected chi connectivity index (χ2v) is 3.75. The van der Waals surface area contributed by atoms with Crippen LogP contribution in [0.3, 0.4) is 0 Å². The lowest BCUT2D eigenvalue weighted by Crippen LogP contribution is -2.24. The fourth-order valence-corrected chi connectivity index (χ4v) is 1.50. The van der Waals surface area contributed by atoms with Crippen molar-refractivity contribution in [1.82, 2.24) is 9.88 Å². The van der Waals surface area contributed by atoms with Crippen molar-refractivity contribution in [2.45, 2.75) is 13.0 Å². The topological polar surface area (TPSA) is 77.2 Å². The van der Waals surface area contributed by atoms with Gasteiger partial charge < -0.3 is 5.11 Å². The normalized spacial score (nSPS) is 10.7. The number of carboxylic acids is 1. The third-order valence-electron chi connectivity index (χ3n) is 2.29. The van der Waals surface area contributed by atoms with E-state index in [4.69, 9.17) is 10.4 Å². The van der Waals surface area contributed by atoms with Crippen molar-refractivity contribution < 1.29 is 9.90 Å². The Morgan fingerprint density at radius 3 is 3.06 bits per heavy atom. The highest BCUT2D eigenvalue weighted by Gasteiger charge is 2.04. The monoisotopic (exact) mass is 245 g/mol. The Morgan fingerprint density at radius 1 is 1.61 bits per heavy atom. The maximum absolute atomic E-state index is 10.4. The van der Waals surface area contributed by atoms with Gasteiger partial charge in [0.1, 0.15) is 0 Å². The largest absolute Gasteiger partial charge is 0.478 e. The summed E-state index contributed by atoms with van der Waals surface area (Å²) < 4.78 is 0. The third kappa shape index (κ3) is 5.77. The molecule has 1 aromatic rings. The molecule has 0 aliphatic rings. The number of pyridine rings is 1. The lowest BCUT2D eigenvalue weighted by atomic mass is 10.2. The zero-order valence-electron chi connectivity index (χ0n) is 9.99. The molecule has 0 spiro atoms. The van der Waals surface area contributed by atoms with Crippen molar-refractivity contribution in [2.24, 2.45) is 0 Å². The van der Waals surface area contributed by atoms with Crippen molar-refractivity contribution >= 4 is 5.97 Å². The smallest absolute Gasteiger partial charge is 0.328 e. The molecule has 5 nitrogen and oxygen atoms in total. The van der Waals surface area contributed by atoms with Gasteiger partial charge in [0.2, 0.25) is 0 Å². The highest BCUT2D eigenvalue weighted by molar-refractivity contribution is 5.79. The Balaban J connectivity index is 2.55. The Hall–Kier alpha value is -2.19. The second-order valence-electron chi connectivity index (χ2n) is 3.75. The summed E-state index contributed by atoms with van der Waals surface area (Å²) in [6.07, 6.45) is 6.58. The van der Waals surface area contributed by atoms with Crippen LogP contribution in [0.2, 0.25) is 0 Å². The van der Waals surface area contributed by atoms with Gasteiger partial charge in [-0.05, 0) is 11.6 Å². The van der Waals surface area contributed by atoms with Crippen LogP contribution in [0.1, 0.15) is 12.0 Å². The molecule has 1 aromatic heterocycles. The fourth-order valence-electron chi connectivity index (χ4n) is 1.50. The van der Waals surface area contributed by atoms with E-state index in [0.29, 0.717) is 26.1 Å². The van der Waals surface area contributed by atoms with E-state index in [-0.39, 0.29) is 0 Å². The predicted octanol–water partition coefficient (Wildman–Crippen LogP) is 1.44. The van der Waals surface area contributed by atoms with Crippen molar-refractivity contribution in [1.29, 1.82) is 5.26 Å². The maximum atomic E-state index is 10.4. The van der Waals surface area contributed by atoms with Gasteiger partial charge in [0.05, 0.1) is 6.07 Å². The summed E-state index contributed by atoms with van der Waals surface area (Å²) in [6, 6.07) is 5.89. The van der Waals surface area contributed by atoms with Gasteiger partial charge in [-0.25, -0.2) is 4.79 Å². The lowest BCUT2D eigenvalue weighted by molar-refractivity contribution is -0.131. The predicted molar refractivity (Wildman–Crippen MR) is 66.5 cm³/mol. The number of rotatable bonds is 7.